The Hall–Kier alpha value is -1.59. The third-order valence-electron chi connectivity index (χ3n) is 3.24. The molecule has 2 heterocycles. The quantitative estimate of drug-likeness (QED) is 0.636. The van der Waals surface area contributed by atoms with Crippen LogP contribution in [0.4, 0.5) is 0 Å². The number of hydrogen-bond acceptors (Lipinski definition) is 4. The molecule has 0 aliphatic carbocycles. The van der Waals surface area contributed by atoms with Crippen LogP contribution in [0.25, 0.3) is 11.0 Å². The molecule has 6 heteroatoms. The van der Waals surface area contributed by atoms with Crippen LogP contribution in [0.5, 0.6) is 0 Å². The second-order valence-electron chi connectivity index (χ2n) is 4.42. The minimum Gasteiger partial charge on any atom is -0.446 e. The number of benzene rings is 1. The van der Waals surface area contributed by atoms with Gasteiger partial charge in [0.15, 0.2) is 6.07 Å². The van der Waals surface area contributed by atoms with Gasteiger partial charge in [0.05, 0.1) is 35.6 Å². The number of fused-ring (bicyclic) bond motifs is 1. The molecule has 1 aliphatic rings. The average Bonchev–Trinajstić information content (AvgIpc) is 2.76. The Morgan fingerprint density at radius 1 is 1.58 bits per heavy atom. The van der Waals surface area contributed by atoms with Crippen LogP contribution in [0.15, 0.2) is 24.5 Å². The number of carbonyl (C=O) groups is 1. The van der Waals surface area contributed by atoms with Crippen molar-refractivity contribution in [1.29, 1.82) is 0 Å². The van der Waals surface area contributed by atoms with Crippen LogP contribution in [0.2, 0.25) is 0 Å². The van der Waals surface area contributed by atoms with Crippen LogP contribution < -0.4 is 0 Å². The normalized spacial score (nSPS) is 18.3. The summed E-state index contributed by atoms with van der Waals surface area (Å²) in [7, 11) is 0. The van der Waals surface area contributed by atoms with Crippen molar-refractivity contribution in [2.75, 3.05) is 12.7 Å². The highest BCUT2D eigenvalue weighted by molar-refractivity contribution is 6.17. The highest BCUT2D eigenvalue weighted by Crippen LogP contribution is 2.19. The smallest absolute Gasteiger partial charge is 0.339 e. The van der Waals surface area contributed by atoms with Gasteiger partial charge in [0, 0.05) is 6.61 Å². The van der Waals surface area contributed by atoms with E-state index in [9.17, 15) is 4.79 Å². The molecule has 3 rings (SSSR count). The van der Waals surface area contributed by atoms with Gasteiger partial charge in [-0.1, -0.05) is 11.6 Å². The first-order valence-corrected chi connectivity index (χ1v) is 6.61. The second-order valence-corrected chi connectivity index (χ2v) is 4.64. The molecular formula is C13H13ClN2O3. The first kappa shape index (κ1) is 12.4. The van der Waals surface area contributed by atoms with E-state index in [-0.39, 0.29) is 12.2 Å². The lowest BCUT2D eigenvalue weighted by atomic mass is 10.1. The molecule has 5 nitrogen and oxygen atoms in total. The molecule has 2 aromatic rings. The lowest BCUT2D eigenvalue weighted by molar-refractivity contribution is -0.0586. The zero-order valence-electron chi connectivity index (χ0n) is 10.2. The number of hydrogen-bond donors (Lipinski definition) is 0. The Labute approximate surface area is 115 Å². The van der Waals surface area contributed by atoms with Gasteiger partial charge in [-0.3, -0.25) is 0 Å². The molecule has 0 amide bonds. The predicted molar refractivity (Wildman–Crippen MR) is 70.2 cm³/mol. The van der Waals surface area contributed by atoms with E-state index in [0.29, 0.717) is 5.56 Å². The van der Waals surface area contributed by atoms with Crippen molar-refractivity contribution >= 4 is 28.6 Å². The summed E-state index contributed by atoms with van der Waals surface area (Å²) in [5.41, 5.74) is 2.23. The van der Waals surface area contributed by atoms with Gasteiger partial charge in [-0.25, -0.2) is 9.78 Å². The van der Waals surface area contributed by atoms with E-state index in [0.717, 1.165) is 30.6 Å². The predicted octanol–water partition coefficient (Wildman–Crippen LogP) is 2.18. The number of halogens is 1. The number of imidazole rings is 1. The van der Waals surface area contributed by atoms with Crippen molar-refractivity contribution in [2.45, 2.75) is 19.1 Å². The highest BCUT2D eigenvalue weighted by atomic mass is 35.5. The maximum Gasteiger partial charge on any atom is 0.339 e. The molecule has 100 valence electrons. The molecule has 19 heavy (non-hydrogen) atoms. The number of esters is 1. The van der Waals surface area contributed by atoms with Crippen LogP contribution in [0, 0.1) is 0 Å². The van der Waals surface area contributed by atoms with Crippen LogP contribution >= 0.6 is 11.6 Å². The molecule has 1 saturated heterocycles. The maximum absolute atomic E-state index is 11.7. The number of nitrogens with zero attached hydrogens (tertiary/aromatic N) is 2. The summed E-state index contributed by atoms with van der Waals surface area (Å²) in [6.07, 6.45) is 3.08. The van der Waals surface area contributed by atoms with Crippen molar-refractivity contribution in [3.05, 3.63) is 30.1 Å². The van der Waals surface area contributed by atoms with Crippen LogP contribution in [-0.4, -0.2) is 34.3 Å². The molecule has 0 unspecified atom stereocenters. The van der Waals surface area contributed by atoms with Crippen molar-refractivity contribution in [2.24, 2.45) is 0 Å². The van der Waals surface area contributed by atoms with E-state index in [1.165, 1.54) is 0 Å². The minimum atomic E-state index is -0.426. The fourth-order valence-electron chi connectivity index (χ4n) is 2.11. The first-order valence-electron chi connectivity index (χ1n) is 6.07. The Morgan fingerprint density at radius 3 is 3.11 bits per heavy atom. The summed E-state index contributed by atoms with van der Waals surface area (Å²) in [5.74, 6) is -0.426. The summed E-state index contributed by atoms with van der Waals surface area (Å²) >= 11 is 5.39. The van der Waals surface area contributed by atoms with Gasteiger partial charge in [-0.05, 0) is 24.6 Å². The Bertz CT molecular complexity index is 607. The van der Waals surface area contributed by atoms with E-state index in [4.69, 9.17) is 21.1 Å². The van der Waals surface area contributed by atoms with Crippen molar-refractivity contribution in [3.63, 3.8) is 0 Å². The maximum atomic E-state index is 11.7. The van der Waals surface area contributed by atoms with E-state index < -0.39 is 5.97 Å². The minimum absolute atomic E-state index is 0.147. The molecule has 0 N–H and O–H groups in total. The molecule has 1 atom stereocenters. The lowest BCUT2D eigenvalue weighted by Crippen LogP contribution is -2.30. The zero-order valence-corrected chi connectivity index (χ0v) is 11.0. The fraction of sp³-hybridized carbons (Fsp3) is 0.385. The van der Waals surface area contributed by atoms with Crippen molar-refractivity contribution in [3.8, 4) is 0 Å². The lowest BCUT2D eigenvalue weighted by Gasteiger charge is -2.26. The van der Waals surface area contributed by atoms with E-state index in [1.54, 1.807) is 24.5 Å². The van der Waals surface area contributed by atoms with Crippen molar-refractivity contribution < 1.29 is 14.3 Å². The number of aromatic nitrogens is 2. The molecule has 1 aliphatic heterocycles. The summed E-state index contributed by atoms with van der Waals surface area (Å²) < 4.78 is 12.2. The molecule has 0 saturated carbocycles. The third-order valence-corrected chi connectivity index (χ3v) is 3.35. The van der Waals surface area contributed by atoms with Gasteiger partial charge in [-0.2, -0.15) is 0 Å². The molecule has 0 bridgehead atoms. The highest BCUT2D eigenvalue weighted by Gasteiger charge is 2.19. The second kappa shape index (κ2) is 5.19. The monoisotopic (exact) mass is 280 g/mol. The number of ether oxygens (including phenoxy) is 2. The topological polar surface area (TPSA) is 53.3 Å². The third kappa shape index (κ3) is 2.43. The zero-order chi connectivity index (χ0) is 13.2. The SMILES string of the molecule is O=C(OCCl)c1ccc2ncn(C[C@@H]3CCO3)c2c1. The summed E-state index contributed by atoms with van der Waals surface area (Å²) in [6, 6.07) is 5.12. The van der Waals surface area contributed by atoms with Crippen LogP contribution in [0.3, 0.4) is 0 Å². The number of alkyl halides is 1. The number of rotatable bonds is 4. The van der Waals surface area contributed by atoms with E-state index in [1.807, 2.05) is 4.57 Å². The van der Waals surface area contributed by atoms with Gasteiger partial charge >= 0.3 is 5.97 Å². The Morgan fingerprint density at radius 2 is 2.42 bits per heavy atom. The van der Waals surface area contributed by atoms with Crippen molar-refractivity contribution in [1.82, 2.24) is 9.55 Å². The van der Waals surface area contributed by atoms with E-state index in [2.05, 4.69) is 4.98 Å². The first-order chi connectivity index (χ1) is 9.28. The molecule has 1 aromatic carbocycles. The fourth-order valence-corrected chi connectivity index (χ4v) is 2.21. The molecule has 0 radical (unpaired) electrons. The largest absolute Gasteiger partial charge is 0.446 e. The molecule has 1 aromatic heterocycles. The summed E-state index contributed by atoms with van der Waals surface area (Å²) in [4.78, 5) is 16.0. The standard InChI is InChI=1S/C13H13ClN2O3/c14-7-19-13(17)9-1-2-11-12(5-9)16(8-15-11)6-10-3-4-18-10/h1-2,5,8,10H,3-4,6-7H2/t10-/m0/s1. The van der Waals surface area contributed by atoms with E-state index >= 15 is 0 Å². The molecular weight excluding hydrogens is 268 g/mol. The summed E-state index contributed by atoms with van der Waals surface area (Å²) in [6.45, 7) is 1.58. The Kier molecular flexibility index (Phi) is 3.40. The molecule has 0 spiro atoms. The van der Waals surface area contributed by atoms with Gasteiger partial charge < -0.3 is 14.0 Å². The van der Waals surface area contributed by atoms with Crippen LogP contribution in [0.1, 0.15) is 16.8 Å². The van der Waals surface area contributed by atoms with Gasteiger partial charge in [0.25, 0.3) is 0 Å². The van der Waals surface area contributed by atoms with Gasteiger partial charge in [0.1, 0.15) is 0 Å². The van der Waals surface area contributed by atoms with Gasteiger partial charge in [0.2, 0.25) is 0 Å². The van der Waals surface area contributed by atoms with Crippen LogP contribution in [-0.2, 0) is 16.0 Å². The summed E-state index contributed by atoms with van der Waals surface area (Å²) in [5, 5.41) is 0. The molecule has 1 fully saturated rings. The van der Waals surface area contributed by atoms with Gasteiger partial charge in [-0.15, -0.1) is 0 Å². The Balaban J connectivity index is 1.90. The number of carbonyl (C=O) groups excluding carboxylic acids is 1. The average molecular weight is 281 g/mol.